The van der Waals surface area contributed by atoms with Crippen molar-refractivity contribution in [2.45, 2.75) is 0 Å². The second-order valence-electron chi connectivity index (χ2n) is 2.80. The van der Waals surface area contributed by atoms with Gasteiger partial charge in [-0.05, 0) is 17.7 Å². The highest BCUT2D eigenvalue weighted by atomic mass is 35.5. The lowest BCUT2D eigenvalue weighted by molar-refractivity contribution is -0.329. The molecular weight excluding hydrogens is 269 g/mol. The summed E-state index contributed by atoms with van der Waals surface area (Å²) in [4.78, 5) is 0. The third kappa shape index (κ3) is 4.98. The molecule has 92 valence electrons. The van der Waals surface area contributed by atoms with Gasteiger partial charge in [-0.15, -0.1) is 5.10 Å². The first kappa shape index (κ1) is 13.7. The minimum Gasteiger partial charge on any atom is -0.367 e. The second kappa shape index (κ2) is 6.38. The molecule has 0 fully saturated rings. The van der Waals surface area contributed by atoms with Crippen LogP contribution in [0.2, 0.25) is 10.0 Å². The van der Waals surface area contributed by atoms with Crippen molar-refractivity contribution in [2.24, 2.45) is 15.9 Å². The Morgan fingerprint density at radius 2 is 2.06 bits per heavy atom. The van der Waals surface area contributed by atoms with Crippen LogP contribution in [0.5, 0.6) is 0 Å². The van der Waals surface area contributed by atoms with Gasteiger partial charge in [-0.3, -0.25) is 10.4 Å². The molecule has 1 aromatic carbocycles. The highest BCUT2D eigenvalue weighted by Gasteiger charge is 1.97. The summed E-state index contributed by atoms with van der Waals surface area (Å²) in [7, 11) is 0. The molecule has 0 aliphatic carbocycles. The van der Waals surface area contributed by atoms with Gasteiger partial charge in [0.1, 0.15) is 0 Å². The van der Waals surface area contributed by atoms with Crippen molar-refractivity contribution in [3.8, 4) is 0 Å². The molecule has 0 saturated carbocycles. The number of hydrogen-bond acceptors (Lipinski definition) is 5. The van der Waals surface area contributed by atoms with E-state index in [1.165, 1.54) is 6.21 Å². The maximum Gasteiger partial charge on any atom is 0.232 e. The van der Waals surface area contributed by atoms with Gasteiger partial charge in [0.15, 0.2) is 0 Å². The predicted molar refractivity (Wildman–Crippen MR) is 64.2 cm³/mol. The molecule has 0 heterocycles. The molecule has 0 amide bonds. The van der Waals surface area contributed by atoms with E-state index in [2.05, 4.69) is 10.2 Å². The van der Waals surface area contributed by atoms with Gasteiger partial charge in [-0.25, -0.2) is 5.43 Å². The third-order valence-corrected chi connectivity index (χ3v) is 2.27. The van der Waals surface area contributed by atoms with Crippen molar-refractivity contribution >= 4 is 35.4 Å². The van der Waals surface area contributed by atoms with Crippen LogP contribution in [0.25, 0.3) is 0 Å². The van der Waals surface area contributed by atoms with Gasteiger partial charge in [0, 0.05) is 5.34 Å². The number of hydrogen-bond donors (Lipinski definition) is 4. The number of halogens is 2. The number of nitrogens with two attached hydrogens (primary N) is 1. The summed E-state index contributed by atoms with van der Waals surface area (Å²) in [5.41, 5.74) is 7.74. The number of nitrogens with zero attached hydrogens (tertiary/aromatic N) is 3. The van der Waals surface area contributed by atoms with Crippen molar-refractivity contribution in [1.29, 1.82) is 0 Å². The molecule has 0 bridgehead atoms. The van der Waals surface area contributed by atoms with Gasteiger partial charge in [0.05, 0.1) is 16.3 Å². The fraction of sp³-hybridized carbons (Fsp3) is 0. The molecular formula is C8H9Cl2N5O2. The molecule has 17 heavy (non-hydrogen) atoms. The number of nitrogens with one attached hydrogen (secondary N) is 1. The third-order valence-electron chi connectivity index (χ3n) is 1.53. The van der Waals surface area contributed by atoms with E-state index in [0.29, 0.717) is 15.6 Å². The van der Waals surface area contributed by atoms with Crippen molar-refractivity contribution in [3.63, 3.8) is 0 Å². The number of guanidine groups is 1. The molecule has 7 nitrogen and oxygen atoms in total. The van der Waals surface area contributed by atoms with Crippen LogP contribution in [0.15, 0.2) is 28.4 Å². The minimum absolute atomic E-state index is 0.300. The average Bonchev–Trinajstić information content (AvgIpc) is 2.22. The number of rotatable bonds is 3. The fourth-order valence-corrected chi connectivity index (χ4v) is 1.18. The highest BCUT2D eigenvalue weighted by molar-refractivity contribution is 6.42. The van der Waals surface area contributed by atoms with E-state index in [4.69, 9.17) is 39.4 Å². The highest BCUT2D eigenvalue weighted by Crippen LogP contribution is 2.21. The molecule has 0 spiro atoms. The van der Waals surface area contributed by atoms with Gasteiger partial charge >= 0.3 is 0 Å². The van der Waals surface area contributed by atoms with Crippen molar-refractivity contribution in [1.82, 2.24) is 10.8 Å². The van der Waals surface area contributed by atoms with Crippen LogP contribution in [0.4, 0.5) is 0 Å². The largest absolute Gasteiger partial charge is 0.367 e. The SMILES string of the molecule is NC(=NN=Cc1ccc(Cl)c(Cl)c1)NN(O)O. The lowest BCUT2D eigenvalue weighted by atomic mass is 10.2. The maximum absolute atomic E-state index is 8.34. The lowest BCUT2D eigenvalue weighted by Crippen LogP contribution is -2.41. The monoisotopic (exact) mass is 277 g/mol. The first-order valence-electron chi connectivity index (χ1n) is 4.25. The Labute approximate surface area is 107 Å². The summed E-state index contributed by atoms with van der Waals surface area (Å²) >= 11 is 11.5. The molecule has 0 aromatic heterocycles. The fourth-order valence-electron chi connectivity index (χ4n) is 0.875. The zero-order chi connectivity index (χ0) is 12.8. The lowest BCUT2D eigenvalue weighted by Gasteiger charge is -2.05. The molecule has 9 heteroatoms. The van der Waals surface area contributed by atoms with Gasteiger partial charge in [-0.2, -0.15) is 5.10 Å². The zero-order valence-corrected chi connectivity index (χ0v) is 9.89. The van der Waals surface area contributed by atoms with Crippen LogP contribution in [0.1, 0.15) is 5.56 Å². The van der Waals surface area contributed by atoms with Crippen molar-refractivity contribution < 1.29 is 10.4 Å². The van der Waals surface area contributed by atoms with E-state index in [0.717, 1.165) is 0 Å². The Hall–Kier alpha value is -1.38. The van der Waals surface area contributed by atoms with Crippen molar-refractivity contribution in [3.05, 3.63) is 33.8 Å². The van der Waals surface area contributed by atoms with Crippen LogP contribution < -0.4 is 11.2 Å². The Morgan fingerprint density at radius 1 is 1.35 bits per heavy atom. The van der Waals surface area contributed by atoms with Crippen LogP contribution in [-0.4, -0.2) is 27.9 Å². The van der Waals surface area contributed by atoms with E-state index in [-0.39, 0.29) is 11.3 Å². The summed E-state index contributed by atoms with van der Waals surface area (Å²) in [6.07, 6.45) is 1.37. The first-order valence-corrected chi connectivity index (χ1v) is 5.00. The van der Waals surface area contributed by atoms with Crippen LogP contribution in [0.3, 0.4) is 0 Å². The molecule has 5 N–H and O–H groups in total. The molecule has 0 unspecified atom stereocenters. The average molecular weight is 278 g/mol. The second-order valence-corrected chi connectivity index (χ2v) is 3.62. The molecule has 0 aliphatic rings. The normalized spacial score (nSPS) is 12.4. The van der Waals surface area contributed by atoms with E-state index < -0.39 is 0 Å². The maximum atomic E-state index is 8.34. The number of hydrazine groups is 1. The molecule has 0 atom stereocenters. The molecule has 1 rings (SSSR count). The van der Waals surface area contributed by atoms with Crippen LogP contribution >= 0.6 is 23.2 Å². The summed E-state index contributed by atoms with van der Waals surface area (Å²) in [5, 5.41) is 24.2. The van der Waals surface area contributed by atoms with E-state index in [1.54, 1.807) is 18.2 Å². The molecule has 0 saturated heterocycles. The van der Waals surface area contributed by atoms with Gasteiger partial charge in [0.25, 0.3) is 0 Å². The summed E-state index contributed by atoms with van der Waals surface area (Å²) < 4.78 is 0. The Morgan fingerprint density at radius 3 is 2.65 bits per heavy atom. The van der Waals surface area contributed by atoms with E-state index >= 15 is 0 Å². The minimum atomic E-state index is -0.340. The van der Waals surface area contributed by atoms with Gasteiger partial charge in [0.2, 0.25) is 5.96 Å². The van der Waals surface area contributed by atoms with E-state index in [9.17, 15) is 0 Å². The standard InChI is InChI=1S/C8H9Cl2N5O2/c9-6-2-1-5(3-7(6)10)4-12-13-8(11)14-15(16)17/h1-4,16-17H,(H3,11,13,14). The van der Waals surface area contributed by atoms with Gasteiger partial charge < -0.3 is 5.73 Å². The predicted octanol–water partition coefficient (Wildman–Crippen LogP) is 1.23. The summed E-state index contributed by atoms with van der Waals surface area (Å²) in [6.45, 7) is 0. The Bertz CT molecular complexity index is 450. The topological polar surface area (TPSA) is 106 Å². The molecule has 1 aromatic rings. The first-order chi connectivity index (χ1) is 7.99. The van der Waals surface area contributed by atoms with Crippen LogP contribution in [0, 0.1) is 0 Å². The quantitative estimate of drug-likeness (QED) is 0.378. The summed E-state index contributed by atoms with van der Waals surface area (Å²) in [5.74, 6) is -0.300. The van der Waals surface area contributed by atoms with Crippen LogP contribution in [-0.2, 0) is 0 Å². The zero-order valence-electron chi connectivity index (χ0n) is 8.38. The van der Waals surface area contributed by atoms with Gasteiger partial charge in [-0.1, -0.05) is 29.3 Å². The smallest absolute Gasteiger partial charge is 0.232 e. The van der Waals surface area contributed by atoms with E-state index in [1.807, 2.05) is 5.43 Å². The molecule has 0 aliphatic heterocycles. The summed E-state index contributed by atoms with van der Waals surface area (Å²) in [6, 6.07) is 4.89. The van der Waals surface area contributed by atoms with Crippen molar-refractivity contribution in [2.75, 3.05) is 0 Å². The molecule has 0 radical (unpaired) electrons. The Balaban J connectivity index is 2.67. The number of benzene rings is 1. The Kier molecular flexibility index (Phi) is 5.13.